The van der Waals surface area contributed by atoms with Gasteiger partial charge in [-0.25, -0.2) is 0 Å². The number of fused-ring (bicyclic) bond motifs is 1. The van der Waals surface area contributed by atoms with Gasteiger partial charge in [-0.2, -0.15) is 0 Å². The number of carbonyl (C=O) groups is 1. The molecular weight excluding hydrogens is 186 g/mol. The summed E-state index contributed by atoms with van der Waals surface area (Å²) in [4.78, 5) is 11.7. The summed E-state index contributed by atoms with van der Waals surface area (Å²) in [6, 6.07) is 4.28. The van der Waals surface area contributed by atoms with Crippen LogP contribution < -0.4 is 5.32 Å². The lowest BCUT2D eigenvalue weighted by atomic mass is 9.89. The maximum absolute atomic E-state index is 11.7. The van der Waals surface area contributed by atoms with Crippen molar-refractivity contribution in [2.24, 2.45) is 5.92 Å². The lowest BCUT2D eigenvalue weighted by molar-refractivity contribution is -0.120. The van der Waals surface area contributed by atoms with Gasteiger partial charge in [-0.05, 0) is 49.4 Å². The fourth-order valence-corrected chi connectivity index (χ4v) is 2.08. The lowest BCUT2D eigenvalue weighted by Crippen LogP contribution is -2.29. The minimum atomic E-state index is 0.152. The largest absolute Gasteiger partial charge is 0.326 e. The second-order valence-electron chi connectivity index (χ2n) is 4.39. The second-order valence-corrected chi connectivity index (χ2v) is 4.39. The van der Waals surface area contributed by atoms with Crippen LogP contribution in [0.2, 0.25) is 0 Å². The number of carbonyl (C=O) groups excluding carboxylic acids is 1. The first kappa shape index (κ1) is 10.2. The van der Waals surface area contributed by atoms with Gasteiger partial charge >= 0.3 is 0 Å². The van der Waals surface area contributed by atoms with Crippen molar-refractivity contribution in [3.8, 4) is 0 Å². The molecule has 0 spiro atoms. The highest BCUT2D eigenvalue weighted by Gasteiger charge is 2.24. The molecule has 1 amide bonds. The van der Waals surface area contributed by atoms with E-state index in [1.54, 1.807) is 0 Å². The first-order valence-electron chi connectivity index (χ1n) is 5.52. The van der Waals surface area contributed by atoms with Crippen molar-refractivity contribution in [2.45, 2.75) is 33.6 Å². The van der Waals surface area contributed by atoms with Crippen LogP contribution in [0.15, 0.2) is 12.1 Å². The van der Waals surface area contributed by atoms with Crippen LogP contribution in [-0.4, -0.2) is 5.91 Å². The third-order valence-electron chi connectivity index (χ3n) is 3.31. The fraction of sp³-hybridized carbons (Fsp3) is 0.462. The number of anilines is 1. The molecule has 1 atom stereocenters. The maximum Gasteiger partial charge on any atom is 0.227 e. The Kier molecular flexibility index (Phi) is 2.51. The summed E-state index contributed by atoms with van der Waals surface area (Å²) in [5, 5.41) is 2.99. The van der Waals surface area contributed by atoms with Crippen LogP contribution in [0.5, 0.6) is 0 Å². The van der Waals surface area contributed by atoms with Crippen LogP contribution in [-0.2, 0) is 11.2 Å². The quantitative estimate of drug-likeness (QED) is 0.747. The molecule has 0 radical (unpaired) electrons. The number of hydrogen-bond acceptors (Lipinski definition) is 1. The molecule has 0 bridgehead atoms. The Hall–Kier alpha value is -1.31. The van der Waals surface area contributed by atoms with Gasteiger partial charge in [0, 0.05) is 11.6 Å². The van der Waals surface area contributed by atoms with Gasteiger partial charge in [0.15, 0.2) is 0 Å². The maximum atomic E-state index is 11.7. The van der Waals surface area contributed by atoms with Gasteiger partial charge in [-0.15, -0.1) is 0 Å². The van der Waals surface area contributed by atoms with Crippen molar-refractivity contribution >= 4 is 11.6 Å². The number of nitrogens with one attached hydrogen (secondary N) is 1. The summed E-state index contributed by atoms with van der Waals surface area (Å²) in [5.74, 6) is 0.327. The van der Waals surface area contributed by atoms with Crippen LogP contribution in [0, 0.1) is 19.8 Å². The van der Waals surface area contributed by atoms with E-state index in [9.17, 15) is 4.79 Å². The van der Waals surface area contributed by atoms with E-state index in [0.717, 1.165) is 18.5 Å². The number of amides is 1. The summed E-state index contributed by atoms with van der Waals surface area (Å²) < 4.78 is 0. The van der Waals surface area contributed by atoms with Gasteiger partial charge in [0.25, 0.3) is 0 Å². The SMILES string of the molecule is CCC1Cc2cc(C)c(C)cc2NC1=O. The molecule has 0 saturated carbocycles. The summed E-state index contributed by atoms with van der Waals surface area (Å²) in [6.07, 6.45) is 1.80. The molecular formula is C13H17NO. The van der Waals surface area contributed by atoms with Crippen LogP contribution in [0.25, 0.3) is 0 Å². The van der Waals surface area contributed by atoms with Gasteiger partial charge < -0.3 is 5.32 Å². The lowest BCUT2D eigenvalue weighted by Gasteiger charge is -2.24. The molecule has 2 nitrogen and oxygen atoms in total. The highest BCUT2D eigenvalue weighted by atomic mass is 16.1. The molecule has 0 fully saturated rings. The first-order valence-corrected chi connectivity index (χ1v) is 5.52. The Morgan fingerprint density at radius 2 is 2.00 bits per heavy atom. The Morgan fingerprint density at radius 3 is 2.67 bits per heavy atom. The van der Waals surface area contributed by atoms with Crippen molar-refractivity contribution in [2.75, 3.05) is 5.32 Å². The molecule has 1 aromatic rings. The molecule has 1 aliphatic heterocycles. The van der Waals surface area contributed by atoms with E-state index in [-0.39, 0.29) is 11.8 Å². The highest BCUT2D eigenvalue weighted by Crippen LogP contribution is 2.29. The number of benzene rings is 1. The number of hydrogen-bond donors (Lipinski definition) is 1. The van der Waals surface area contributed by atoms with E-state index in [4.69, 9.17) is 0 Å². The summed E-state index contributed by atoms with van der Waals surface area (Å²) in [5.41, 5.74) is 4.83. The van der Waals surface area contributed by atoms with E-state index in [0.29, 0.717) is 0 Å². The second kappa shape index (κ2) is 3.69. The van der Waals surface area contributed by atoms with E-state index >= 15 is 0 Å². The Balaban J connectivity index is 2.41. The van der Waals surface area contributed by atoms with Crippen molar-refractivity contribution in [3.63, 3.8) is 0 Å². The number of aryl methyl sites for hydroxylation is 2. The van der Waals surface area contributed by atoms with Crippen LogP contribution in [0.3, 0.4) is 0 Å². The molecule has 2 heteroatoms. The predicted octanol–water partition coefficient (Wildman–Crippen LogP) is 2.82. The standard InChI is InChI=1S/C13H17NO/c1-4-10-7-11-5-8(2)9(3)6-12(11)14-13(10)15/h5-6,10H,4,7H2,1-3H3,(H,14,15). The Bertz CT molecular complexity index is 409. The monoisotopic (exact) mass is 203 g/mol. The molecule has 0 aromatic heterocycles. The minimum Gasteiger partial charge on any atom is -0.326 e. The molecule has 0 aliphatic carbocycles. The van der Waals surface area contributed by atoms with Crippen molar-refractivity contribution in [3.05, 3.63) is 28.8 Å². The Morgan fingerprint density at radius 1 is 1.33 bits per heavy atom. The van der Waals surface area contributed by atoms with Gasteiger partial charge in [0.2, 0.25) is 5.91 Å². The van der Waals surface area contributed by atoms with Gasteiger partial charge in [0.05, 0.1) is 0 Å². The van der Waals surface area contributed by atoms with Gasteiger partial charge in [-0.1, -0.05) is 13.0 Å². The smallest absolute Gasteiger partial charge is 0.227 e. The van der Waals surface area contributed by atoms with Crippen molar-refractivity contribution < 1.29 is 4.79 Å². The third-order valence-corrected chi connectivity index (χ3v) is 3.31. The summed E-state index contributed by atoms with van der Waals surface area (Å²) in [6.45, 7) is 6.26. The zero-order valence-corrected chi connectivity index (χ0v) is 9.55. The molecule has 80 valence electrons. The van der Waals surface area contributed by atoms with E-state index in [1.807, 2.05) is 0 Å². The first-order chi connectivity index (χ1) is 7.11. The molecule has 1 unspecified atom stereocenters. The Labute approximate surface area is 90.7 Å². The van der Waals surface area contributed by atoms with Crippen molar-refractivity contribution in [1.82, 2.24) is 0 Å². The molecule has 15 heavy (non-hydrogen) atoms. The third kappa shape index (κ3) is 1.76. The average Bonchev–Trinajstić information content (AvgIpc) is 2.20. The zero-order valence-electron chi connectivity index (χ0n) is 9.55. The normalized spacial score (nSPS) is 19.7. The fourth-order valence-electron chi connectivity index (χ4n) is 2.08. The molecule has 0 saturated heterocycles. The van der Waals surface area contributed by atoms with Crippen LogP contribution in [0.1, 0.15) is 30.0 Å². The molecule has 1 N–H and O–H groups in total. The van der Waals surface area contributed by atoms with Gasteiger partial charge in [0.1, 0.15) is 0 Å². The average molecular weight is 203 g/mol. The van der Waals surface area contributed by atoms with E-state index < -0.39 is 0 Å². The topological polar surface area (TPSA) is 29.1 Å². The van der Waals surface area contributed by atoms with Gasteiger partial charge in [-0.3, -0.25) is 4.79 Å². The van der Waals surface area contributed by atoms with Crippen LogP contribution >= 0.6 is 0 Å². The van der Waals surface area contributed by atoms with Crippen LogP contribution in [0.4, 0.5) is 5.69 Å². The molecule has 1 heterocycles. The molecule has 1 aromatic carbocycles. The minimum absolute atomic E-state index is 0.152. The van der Waals surface area contributed by atoms with Crippen molar-refractivity contribution in [1.29, 1.82) is 0 Å². The van der Waals surface area contributed by atoms with E-state index in [2.05, 4.69) is 38.2 Å². The van der Waals surface area contributed by atoms with E-state index in [1.165, 1.54) is 16.7 Å². The summed E-state index contributed by atoms with van der Waals surface area (Å²) >= 11 is 0. The molecule has 1 aliphatic rings. The summed E-state index contributed by atoms with van der Waals surface area (Å²) in [7, 11) is 0. The zero-order chi connectivity index (χ0) is 11.0. The molecule has 2 rings (SSSR count). The predicted molar refractivity (Wildman–Crippen MR) is 62.0 cm³/mol. The number of rotatable bonds is 1. The highest BCUT2D eigenvalue weighted by molar-refractivity contribution is 5.95.